The minimum Gasteiger partial charge on any atom is -0.497 e. The van der Waals surface area contributed by atoms with Crippen molar-refractivity contribution in [1.29, 1.82) is 0 Å². The molecule has 0 saturated heterocycles. The van der Waals surface area contributed by atoms with Gasteiger partial charge in [0.2, 0.25) is 11.8 Å². The highest BCUT2D eigenvalue weighted by molar-refractivity contribution is 5.99. The van der Waals surface area contributed by atoms with Crippen LogP contribution in [0.15, 0.2) is 42.5 Å². The highest BCUT2D eigenvalue weighted by Gasteiger charge is 2.29. The van der Waals surface area contributed by atoms with Crippen molar-refractivity contribution in [3.05, 3.63) is 48.0 Å². The summed E-state index contributed by atoms with van der Waals surface area (Å²) in [4.78, 5) is 40.2. The smallest absolute Gasteiger partial charge is 0.252 e. The van der Waals surface area contributed by atoms with Crippen molar-refractivity contribution in [3.8, 4) is 17.2 Å². The molecule has 0 heterocycles. The second-order valence-corrected chi connectivity index (χ2v) is 7.93. The van der Waals surface area contributed by atoms with Gasteiger partial charge in [0, 0.05) is 29.9 Å². The molecule has 0 radical (unpaired) electrons. The number of amides is 3. The van der Waals surface area contributed by atoms with E-state index in [9.17, 15) is 14.4 Å². The second-order valence-electron chi connectivity index (χ2n) is 7.93. The Bertz CT molecular complexity index is 986. The summed E-state index contributed by atoms with van der Waals surface area (Å²) in [6.07, 6.45) is 0. The molecule has 0 spiro atoms. The molecule has 1 unspecified atom stereocenters. The topological polar surface area (TPSA) is 106 Å². The summed E-state index contributed by atoms with van der Waals surface area (Å²) < 4.78 is 15.6. The zero-order valence-electron chi connectivity index (χ0n) is 20.5. The predicted octanol–water partition coefficient (Wildman–Crippen LogP) is 2.95. The summed E-state index contributed by atoms with van der Waals surface area (Å²) in [5, 5.41) is 5.57. The SMILES string of the molecule is CCN(CC(=O)Nc1cccc(OC)c1)C(=O)C(NC(=O)c1cc(OC)cc(OC)c1)C(C)C. The summed E-state index contributed by atoms with van der Waals surface area (Å²) in [6, 6.07) is 10.9. The molecule has 0 saturated carbocycles. The number of anilines is 1. The van der Waals surface area contributed by atoms with Gasteiger partial charge in [-0.3, -0.25) is 14.4 Å². The Balaban J connectivity index is 2.13. The first-order valence-corrected chi connectivity index (χ1v) is 11.0. The molecule has 0 aliphatic carbocycles. The lowest BCUT2D eigenvalue weighted by molar-refractivity contribution is -0.137. The molecule has 2 aromatic rings. The van der Waals surface area contributed by atoms with Crippen LogP contribution in [0.3, 0.4) is 0 Å². The van der Waals surface area contributed by atoms with Crippen LogP contribution < -0.4 is 24.8 Å². The van der Waals surface area contributed by atoms with Crippen molar-refractivity contribution in [2.24, 2.45) is 5.92 Å². The van der Waals surface area contributed by atoms with Crippen LogP contribution in [0, 0.1) is 5.92 Å². The van der Waals surface area contributed by atoms with Gasteiger partial charge in [-0.1, -0.05) is 19.9 Å². The van der Waals surface area contributed by atoms with Crippen molar-refractivity contribution in [2.45, 2.75) is 26.8 Å². The maximum Gasteiger partial charge on any atom is 0.252 e. The molecule has 184 valence electrons. The Hall–Kier alpha value is -3.75. The molecule has 2 N–H and O–H groups in total. The largest absolute Gasteiger partial charge is 0.497 e. The van der Waals surface area contributed by atoms with E-state index in [-0.39, 0.29) is 24.3 Å². The summed E-state index contributed by atoms with van der Waals surface area (Å²) in [7, 11) is 4.53. The minimum atomic E-state index is -0.825. The van der Waals surface area contributed by atoms with Gasteiger partial charge in [-0.05, 0) is 37.1 Å². The number of ether oxygens (including phenoxy) is 3. The van der Waals surface area contributed by atoms with Gasteiger partial charge in [0.1, 0.15) is 23.3 Å². The quantitative estimate of drug-likeness (QED) is 0.522. The van der Waals surface area contributed by atoms with Crippen LogP contribution in [-0.2, 0) is 9.59 Å². The van der Waals surface area contributed by atoms with Gasteiger partial charge in [0.15, 0.2) is 0 Å². The number of hydrogen-bond donors (Lipinski definition) is 2. The first-order valence-electron chi connectivity index (χ1n) is 11.0. The van der Waals surface area contributed by atoms with E-state index in [1.807, 2.05) is 13.8 Å². The van der Waals surface area contributed by atoms with Gasteiger partial charge in [-0.2, -0.15) is 0 Å². The molecule has 1 atom stereocenters. The number of methoxy groups -OCH3 is 3. The Morgan fingerprint density at radius 1 is 0.912 bits per heavy atom. The summed E-state index contributed by atoms with van der Waals surface area (Å²) in [6.45, 7) is 5.59. The third-order valence-electron chi connectivity index (χ3n) is 5.21. The molecule has 0 aromatic heterocycles. The molecule has 0 aliphatic rings. The lowest BCUT2D eigenvalue weighted by Gasteiger charge is -2.28. The fraction of sp³-hybridized carbons (Fsp3) is 0.400. The average Bonchev–Trinajstić information content (AvgIpc) is 2.84. The van der Waals surface area contributed by atoms with Crippen LogP contribution in [-0.4, -0.2) is 63.1 Å². The number of rotatable bonds is 11. The monoisotopic (exact) mass is 471 g/mol. The zero-order chi connectivity index (χ0) is 25.3. The predicted molar refractivity (Wildman–Crippen MR) is 130 cm³/mol. The summed E-state index contributed by atoms with van der Waals surface area (Å²) in [5.41, 5.74) is 0.863. The van der Waals surface area contributed by atoms with Gasteiger partial charge in [0.05, 0.1) is 27.9 Å². The van der Waals surface area contributed by atoms with Crippen molar-refractivity contribution in [1.82, 2.24) is 10.2 Å². The number of carbonyl (C=O) groups is 3. The molecule has 9 heteroatoms. The van der Waals surface area contributed by atoms with E-state index in [1.54, 1.807) is 56.5 Å². The summed E-state index contributed by atoms with van der Waals surface area (Å²) >= 11 is 0. The minimum absolute atomic E-state index is 0.154. The normalized spacial score (nSPS) is 11.4. The zero-order valence-corrected chi connectivity index (χ0v) is 20.5. The Morgan fingerprint density at radius 2 is 1.53 bits per heavy atom. The molecule has 3 amide bonds. The van der Waals surface area contributed by atoms with Crippen molar-refractivity contribution >= 4 is 23.4 Å². The van der Waals surface area contributed by atoms with Crippen LogP contribution in [0.25, 0.3) is 0 Å². The van der Waals surface area contributed by atoms with Gasteiger partial charge < -0.3 is 29.7 Å². The fourth-order valence-electron chi connectivity index (χ4n) is 3.29. The first-order chi connectivity index (χ1) is 16.2. The average molecular weight is 472 g/mol. The molecular weight excluding hydrogens is 438 g/mol. The number of nitrogens with one attached hydrogen (secondary N) is 2. The fourth-order valence-corrected chi connectivity index (χ4v) is 3.29. The molecular formula is C25H33N3O6. The molecule has 2 aromatic carbocycles. The maximum absolute atomic E-state index is 13.3. The maximum atomic E-state index is 13.3. The van der Waals surface area contributed by atoms with Gasteiger partial charge in [-0.15, -0.1) is 0 Å². The number of carbonyl (C=O) groups excluding carboxylic acids is 3. The van der Waals surface area contributed by atoms with E-state index < -0.39 is 11.9 Å². The van der Waals surface area contributed by atoms with Crippen LogP contribution in [0.5, 0.6) is 17.2 Å². The summed E-state index contributed by atoms with van der Waals surface area (Å²) in [5.74, 6) is 0.178. The molecule has 0 aliphatic heterocycles. The van der Waals surface area contributed by atoms with Gasteiger partial charge >= 0.3 is 0 Å². The van der Waals surface area contributed by atoms with Crippen LogP contribution in [0.1, 0.15) is 31.1 Å². The van der Waals surface area contributed by atoms with Crippen LogP contribution in [0.2, 0.25) is 0 Å². The van der Waals surface area contributed by atoms with E-state index >= 15 is 0 Å². The highest BCUT2D eigenvalue weighted by Crippen LogP contribution is 2.23. The van der Waals surface area contributed by atoms with Crippen molar-refractivity contribution < 1.29 is 28.6 Å². The van der Waals surface area contributed by atoms with Gasteiger partial charge in [-0.25, -0.2) is 0 Å². The van der Waals surface area contributed by atoms with E-state index in [4.69, 9.17) is 14.2 Å². The van der Waals surface area contributed by atoms with Crippen molar-refractivity contribution in [2.75, 3.05) is 39.7 Å². The molecule has 34 heavy (non-hydrogen) atoms. The molecule has 0 bridgehead atoms. The van der Waals surface area contributed by atoms with E-state index in [1.165, 1.54) is 19.1 Å². The standard InChI is InChI=1S/C25H33N3O6/c1-7-28(15-22(29)26-18-9-8-10-19(13-18)32-4)25(31)23(16(2)3)27-24(30)17-11-20(33-5)14-21(12-17)34-6/h8-14,16,23H,7,15H2,1-6H3,(H,26,29)(H,27,30). The van der Waals surface area contributed by atoms with Crippen LogP contribution >= 0.6 is 0 Å². The Morgan fingerprint density at radius 3 is 2.06 bits per heavy atom. The van der Waals surface area contributed by atoms with E-state index in [0.717, 1.165) is 0 Å². The second kappa shape index (κ2) is 12.5. The van der Waals surface area contributed by atoms with Gasteiger partial charge in [0.25, 0.3) is 5.91 Å². The van der Waals surface area contributed by atoms with E-state index in [0.29, 0.717) is 35.0 Å². The third kappa shape index (κ3) is 7.13. The Labute approximate surface area is 200 Å². The van der Waals surface area contributed by atoms with E-state index in [2.05, 4.69) is 10.6 Å². The number of benzene rings is 2. The third-order valence-corrected chi connectivity index (χ3v) is 5.21. The number of hydrogen-bond acceptors (Lipinski definition) is 6. The number of likely N-dealkylation sites (N-methyl/N-ethyl adjacent to an activating group) is 1. The lowest BCUT2D eigenvalue weighted by Crippen LogP contribution is -2.52. The highest BCUT2D eigenvalue weighted by atomic mass is 16.5. The van der Waals surface area contributed by atoms with Crippen LogP contribution in [0.4, 0.5) is 5.69 Å². The first kappa shape index (κ1) is 26.5. The molecule has 2 rings (SSSR count). The number of nitrogens with zero attached hydrogens (tertiary/aromatic N) is 1. The van der Waals surface area contributed by atoms with Crippen molar-refractivity contribution in [3.63, 3.8) is 0 Å². The Kier molecular flexibility index (Phi) is 9.73. The molecule has 9 nitrogen and oxygen atoms in total. The molecule has 0 fully saturated rings. The lowest BCUT2D eigenvalue weighted by atomic mass is 10.0.